The lowest BCUT2D eigenvalue weighted by Crippen LogP contribution is -2.51. The molecule has 25 heavy (non-hydrogen) atoms. The highest BCUT2D eigenvalue weighted by molar-refractivity contribution is 5.75. The van der Waals surface area contributed by atoms with Crippen molar-refractivity contribution in [3.8, 4) is 5.82 Å². The van der Waals surface area contributed by atoms with Crippen LogP contribution in [0.2, 0.25) is 0 Å². The van der Waals surface area contributed by atoms with E-state index in [1.54, 1.807) is 22.1 Å². The molecule has 1 atom stereocenters. The highest BCUT2D eigenvalue weighted by Gasteiger charge is 2.23. The molecule has 0 saturated carbocycles. The molecule has 3 rings (SSSR count). The predicted octanol–water partition coefficient (Wildman–Crippen LogP) is 0.472. The number of nitrogens with zero attached hydrogens (tertiary/aromatic N) is 5. The molecule has 3 heterocycles. The summed E-state index contributed by atoms with van der Waals surface area (Å²) in [5.41, 5.74) is 0.896. The Morgan fingerprint density at radius 1 is 1.36 bits per heavy atom. The number of rotatable bonds is 4. The van der Waals surface area contributed by atoms with Crippen molar-refractivity contribution in [2.75, 3.05) is 13.1 Å². The third kappa shape index (κ3) is 4.52. The summed E-state index contributed by atoms with van der Waals surface area (Å²) in [6, 6.07) is 3.61. The summed E-state index contributed by atoms with van der Waals surface area (Å²) in [7, 11) is 0. The van der Waals surface area contributed by atoms with Gasteiger partial charge in [-0.3, -0.25) is 4.79 Å². The van der Waals surface area contributed by atoms with Crippen LogP contribution >= 0.6 is 0 Å². The van der Waals surface area contributed by atoms with Crippen LogP contribution in [0.15, 0.2) is 31.0 Å². The van der Waals surface area contributed by atoms with Crippen molar-refractivity contribution in [2.45, 2.75) is 32.4 Å². The van der Waals surface area contributed by atoms with Crippen LogP contribution in [0.4, 0.5) is 4.79 Å². The predicted molar refractivity (Wildman–Crippen MR) is 89.8 cm³/mol. The second-order valence-corrected chi connectivity index (χ2v) is 6.01. The fourth-order valence-corrected chi connectivity index (χ4v) is 2.84. The van der Waals surface area contributed by atoms with E-state index in [1.807, 2.05) is 12.1 Å². The summed E-state index contributed by atoms with van der Waals surface area (Å²) >= 11 is 0. The third-order valence-corrected chi connectivity index (χ3v) is 4.02. The molecule has 0 radical (unpaired) electrons. The van der Waals surface area contributed by atoms with Crippen molar-refractivity contribution >= 4 is 11.9 Å². The summed E-state index contributed by atoms with van der Waals surface area (Å²) in [5, 5.41) is 9.79. The summed E-state index contributed by atoms with van der Waals surface area (Å²) in [4.78, 5) is 33.4. The van der Waals surface area contributed by atoms with E-state index in [9.17, 15) is 9.59 Å². The molecular formula is C16H21N7O2. The fourth-order valence-electron chi connectivity index (χ4n) is 2.84. The second-order valence-electron chi connectivity index (χ2n) is 6.01. The van der Waals surface area contributed by atoms with Gasteiger partial charge in [-0.1, -0.05) is 6.07 Å². The maximum Gasteiger partial charge on any atom is 0.317 e. The number of urea groups is 1. The van der Waals surface area contributed by atoms with E-state index in [-0.39, 0.29) is 18.0 Å². The Morgan fingerprint density at radius 3 is 2.92 bits per heavy atom. The topological polar surface area (TPSA) is 105 Å². The summed E-state index contributed by atoms with van der Waals surface area (Å²) in [5.74, 6) is 0.604. The Morgan fingerprint density at radius 2 is 2.24 bits per heavy atom. The lowest BCUT2D eigenvalue weighted by Gasteiger charge is -2.33. The van der Waals surface area contributed by atoms with Gasteiger partial charge in [-0.25, -0.2) is 19.4 Å². The molecule has 0 spiro atoms. The fraction of sp³-hybridized carbons (Fsp3) is 0.438. The molecule has 1 saturated heterocycles. The Bertz CT molecular complexity index is 715. The van der Waals surface area contributed by atoms with Gasteiger partial charge in [0.15, 0.2) is 5.82 Å². The van der Waals surface area contributed by atoms with Gasteiger partial charge in [0.1, 0.15) is 12.7 Å². The Hall–Kier alpha value is -2.97. The van der Waals surface area contributed by atoms with Crippen molar-refractivity contribution in [2.24, 2.45) is 0 Å². The highest BCUT2D eigenvalue weighted by Crippen LogP contribution is 2.10. The second kappa shape index (κ2) is 7.73. The zero-order valence-corrected chi connectivity index (χ0v) is 14.1. The average Bonchev–Trinajstić information content (AvgIpc) is 3.14. The molecule has 2 N–H and O–H groups in total. The number of hydrogen-bond acceptors (Lipinski definition) is 5. The SMILES string of the molecule is CC(=O)N[C@H]1CCCN(C(=O)NCc2ccc(-n3cncn3)nc2)C1. The first kappa shape index (κ1) is 16.9. The number of likely N-dealkylation sites (tertiary alicyclic amines) is 1. The van der Waals surface area contributed by atoms with Gasteiger partial charge in [-0.05, 0) is 24.5 Å². The number of pyridine rings is 1. The van der Waals surface area contributed by atoms with Crippen LogP contribution in [0.5, 0.6) is 0 Å². The van der Waals surface area contributed by atoms with E-state index in [4.69, 9.17) is 0 Å². The number of carbonyl (C=O) groups excluding carboxylic acids is 2. The standard InChI is InChI=1S/C16H21N7O2/c1-12(24)21-14-3-2-6-22(9-14)16(25)19-8-13-4-5-15(18-7-13)23-11-17-10-20-23/h4-5,7,10-11,14H,2-3,6,8-9H2,1H3,(H,19,25)(H,21,24)/t14-/m0/s1. The molecule has 2 aromatic heterocycles. The number of piperidine rings is 1. The Kier molecular flexibility index (Phi) is 5.22. The molecule has 3 amide bonds. The van der Waals surface area contributed by atoms with Crippen molar-refractivity contribution in [3.05, 3.63) is 36.5 Å². The molecule has 132 valence electrons. The number of carbonyl (C=O) groups is 2. The molecule has 0 unspecified atom stereocenters. The van der Waals surface area contributed by atoms with E-state index in [0.717, 1.165) is 18.4 Å². The van der Waals surface area contributed by atoms with Crippen LogP contribution in [-0.2, 0) is 11.3 Å². The molecule has 0 bridgehead atoms. The van der Waals surface area contributed by atoms with Crippen molar-refractivity contribution in [3.63, 3.8) is 0 Å². The van der Waals surface area contributed by atoms with Gasteiger partial charge in [0.2, 0.25) is 5.91 Å². The molecule has 9 heteroatoms. The lowest BCUT2D eigenvalue weighted by atomic mass is 10.1. The minimum Gasteiger partial charge on any atom is -0.352 e. The van der Waals surface area contributed by atoms with Crippen molar-refractivity contribution in [1.29, 1.82) is 0 Å². The van der Waals surface area contributed by atoms with Gasteiger partial charge >= 0.3 is 6.03 Å². The lowest BCUT2D eigenvalue weighted by molar-refractivity contribution is -0.119. The smallest absolute Gasteiger partial charge is 0.317 e. The number of hydrogen-bond donors (Lipinski definition) is 2. The normalized spacial score (nSPS) is 17.2. The summed E-state index contributed by atoms with van der Waals surface area (Å²) < 4.78 is 1.57. The van der Waals surface area contributed by atoms with Crippen molar-refractivity contribution in [1.82, 2.24) is 35.3 Å². The minimum atomic E-state index is -0.129. The zero-order chi connectivity index (χ0) is 17.6. The number of amides is 3. The highest BCUT2D eigenvalue weighted by atomic mass is 16.2. The first-order valence-corrected chi connectivity index (χ1v) is 8.21. The van der Waals surface area contributed by atoms with E-state index >= 15 is 0 Å². The van der Waals surface area contributed by atoms with Gasteiger partial charge in [0.25, 0.3) is 0 Å². The average molecular weight is 343 g/mol. The van der Waals surface area contributed by atoms with Crippen LogP contribution in [0, 0.1) is 0 Å². The zero-order valence-electron chi connectivity index (χ0n) is 14.1. The van der Waals surface area contributed by atoms with Crippen LogP contribution in [-0.4, -0.2) is 55.7 Å². The first-order valence-electron chi connectivity index (χ1n) is 8.21. The summed E-state index contributed by atoms with van der Waals surface area (Å²) in [6.07, 6.45) is 6.51. The first-order chi connectivity index (χ1) is 12.1. The molecule has 0 aromatic carbocycles. The van der Waals surface area contributed by atoms with Crippen LogP contribution < -0.4 is 10.6 Å². The van der Waals surface area contributed by atoms with E-state index < -0.39 is 0 Å². The molecule has 1 aliphatic rings. The van der Waals surface area contributed by atoms with Crippen molar-refractivity contribution < 1.29 is 9.59 Å². The van der Waals surface area contributed by atoms with Crippen LogP contribution in [0.25, 0.3) is 5.82 Å². The van der Waals surface area contributed by atoms with Gasteiger partial charge < -0.3 is 15.5 Å². The molecule has 1 fully saturated rings. The summed E-state index contributed by atoms with van der Waals surface area (Å²) in [6.45, 7) is 3.13. The van der Waals surface area contributed by atoms with E-state index in [0.29, 0.717) is 25.5 Å². The van der Waals surface area contributed by atoms with Crippen LogP contribution in [0.3, 0.4) is 0 Å². The van der Waals surface area contributed by atoms with Gasteiger partial charge in [-0.2, -0.15) is 5.10 Å². The maximum absolute atomic E-state index is 12.3. The minimum absolute atomic E-state index is 0.0284. The number of nitrogens with one attached hydrogen (secondary N) is 2. The van der Waals surface area contributed by atoms with Gasteiger partial charge in [0.05, 0.1) is 0 Å². The Balaban J connectivity index is 1.51. The monoisotopic (exact) mass is 343 g/mol. The molecule has 1 aliphatic heterocycles. The largest absolute Gasteiger partial charge is 0.352 e. The quantitative estimate of drug-likeness (QED) is 0.840. The molecule has 0 aliphatic carbocycles. The molecule has 2 aromatic rings. The van der Waals surface area contributed by atoms with Crippen LogP contribution in [0.1, 0.15) is 25.3 Å². The molecular weight excluding hydrogens is 322 g/mol. The number of aromatic nitrogens is 4. The third-order valence-electron chi connectivity index (χ3n) is 4.02. The van der Waals surface area contributed by atoms with E-state index in [2.05, 4.69) is 25.7 Å². The maximum atomic E-state index is 12.3. The molecule has 9 nitrogen and oxygen atoms in total. The van der Waals surface area contributed by atoms with Gasteiger partial charge in [-0.15, -0.1) is 0 Å². The van der Waals surface area contributed by atoms with E-state index in [1.165, 1.54) is 13.3 Å². The Labute approximate surface area is 145 Å². The van der Waals surface area contributed by atoms with Gasteiger partial charge in [0, 0.05) is 38.8 Å².